The first-order valence-electron chi connectivity index (χ1n) is 3.12. The zero-order valence-electron chi connectivity index (χ0n) is 5.77. The summed E-state index contributed by atoms with van der Waals surface area (Å²) < 4.78 is 1.80. The molecule has 5 heteroatoms. The Balaban J connectivity index is 2.57. The fourth-order valence-electron chi connectivity index (χ4n) is 0.733. The van der Waals surface area contributed by atoms with Gasteiger partial charge in [0.1, 0.15) is 12.6 Å². The van der Waals surface area contributed by atoms with E-state index in [4.69, 9.17) is 5.73 Å². The van der Waals surface area contributed by atoms with Gasteiger partial charge >= 0.3 is 0 Å². The second-order valence-corrected chi connectivity index (χ2v) is 3.33. The van der Waals surface area contributed by atoms with E-state index in [9.17, 15) is 4.79 Å². The number of aromatic nitrogens is 2. The van der Waals surface area contributed by atoms with Gasteiger partial charge in [-0.2, -0.15) is 0 Å². The molecule has 0 amide bonds. The number of hydrogen-bond donors (Lipinski definition) is 1. The number of carbonyl (C=O) groups excluding carboxylic acids is 1. The number of carbonyl (C=O) groups is 1. The molecular formula is C6H8IN3O. The van der Waals surface area contributed by atoms with E-state index in [1.807, 2.05) is 6.20 Å². The van der Waals surface area contributed by atoms with Gasteiger partial charge in [-0.3, -0.25) is 2.78 Å². The third kappa shape index (κ3) is 2.58. The monoisotopic (exact) mass is 265 g/mol. The number of nitrogens with two attached hydrogens (primary N) is 1. The van der Waals surface area contributed by atoms with E-state index < -0.39 is 6.04 Å². The zero-order valence-corrected chi connectivity index (χ0v) is 7.93. The molecule has 0 aliphatic heterocycles. The summed E-state index contributed by atoms with van der Waals surface area (Å²) >= 11 is 2.08. The van der Waals surface area contributed by atoms with Gasteiger partial charge in [-0.15, -0.1) is 0 Å². The number of rotatable bonds is 3. The summed E-state index contributed by atoms with van der Waals surface area (Å²) in [6, 6.07) is -0.429. The molecular weight excluding hydrogens is 257 g/mol. The van der Waals surface area contributed by atoms with Crippen LogP contribution in [-0.4, -0.2) is 20.1 Å². The van der Waals surface area contributed by atoms with Crippen molar-refractivity contribution in [3.63, 3.8) is 0 Å². The molecule has 0 radical (unpaired) electrons. The first-order valence-corrected chi connectivity index (χ1v) is 4.08. The minimum Gasteiger partial charge on any atom is -0.321 e. The molecule has 11 heavy (non-hydrogen) atoms. The number of halogens is 1. The van der Waals surface area contributed by atoms with Gasteiger partial charge in [0, 0.05) is 12.6 Å². The second-order valence-electron chi connectivity index (χ2n) is 2.21. The van der Waals surface area contributed by atoms with E-state index in [0.717, 1.165) is 12.0 Å². The van der Waals surface area contributed by atoms with Gasteiger partial charge in [0.15, 0.2) is 0 Å². The average Bonchev–Trinajstić information content (AvgIpc) is 2.35. The molecule has 2 N–H and O–H groups in total. The fourth-order valence-corrected chi connectivity index (χ4v) is 1.18. The Morgan fingerprint density at radius 1 is 1.91 bits per heavy atom. The summed E-state index contributed by atoms with van der Waals surface area (Å²) in [4.78, 5) is 14.2. The molecule has 1 aromatic heterocycles. The van der Waals surface area contributed by atoms with Crippen molar-refractivity contribution in [2.45, 2.75) is 12.5 Å². The molecule has 0 saturated carbocycles. The van der Waals surface area contributed by atoms with Crippen molar-refractivity contribution < 1.29 is 4.79 Å². The van der Waals surface area contributed by atoms with E-state index in [0.29, 0.717) is 6.42 Å². The van der Waals surface area contributed by atoms with Crippen LogP contribution in [0.1, 0.15) is 5.69 Å². The summed E-state index contributed by atoms with van der Waals surface area (Å²) in [7, 11) is 0. The van der Waals surface area contributed by atoms with E-state index in [1.54, 1.807) is 9.11 Å². The molecule has 0 aromatic carbocycles. The number of nitrogens with zero attached hydrogens (tertiary/aromatic N) is 2. The topological polar surface area (TPSA) is 60.9 Å². The first kappa shape index (κ1) is 8.66. The average molecular weight is 265 g/mol. The minimum absolute atomic E-state index is 0.429. The van der Waals surface area contributed by atoms with Gasteiger partial charge in [-0.1, -0.05) is 0 Å². The molecule has 0 saturated heterocycles. The Hall–Kier alpha value is -0.430. The van der Waals surface area contributed by atoms with Crippen LogP contribution in [-0.2, 0) is 11.2 Å². The Kier molecular flexibility index (Phi) is 3.01. The Labute approximate surface area is 78.3 Å². The van der Waals surface area contributed by atoms with Gasteiger partial charge in [0.25, 0.3) is 0 Å². The summed E-state index contributed by atoms with van der Waals surface area (Å²) in [5.74, 6) is 0. The maximum absolute atomic E-state index is 10.2. The Bertz CT molecular complexity index is 248. The Morgan fingerprint density at radius 3 is 3.09 bits per heavy atom. The van der Waals surface area contributed by atoms with Crippen molar-refractivity contribution in [2.75, 3.05) is 0 Å². The number of aldehydes is 1. The van der Waals surface area contributed by atoms with Gasteiger partial charge in [0.2, 0.25) is 0 Å². The summed E-state index contributed by atoms with van der Waals surface area (Å²) in [6.07, 6.45) is 4.75. The SMILES string of the molecule is NC(C=O)Cc1cn(I)cn1. The molecule has 1 atom stereocenters. The van der Waals surface area contributed by atoms with Gasteiger partial charge in [-0.25, -0.2) is 4.98 Å². The normalized spacial score (nSPS) is 12.9. The van der Waals surface area contributed by atoms with Crippen LogP contribution in [0.25, 0.3) is 0 Å². The van der Waals surface area contributed by atoms with Crippen molar-refractivity contribution in [2.24, 2.45) is 5.73 Å². The van der Waals surface area contributed by atoms with Crippen molar-refractivity contribution in [3.05, 3.63) is 18.2 Å². The summed E-state index contributed by atoms with van der Waals surface area (Å²) in [5.41, 5.74) is 6.24. The van der Waals surface area contributed by atoms with Crippen LogP contribution in [0.2, 0.25) is 0 Å². The van der Waals surface area contributed by atoms with Crippen LogP contribution in [0.5, 0.6) is 0 Å². The molecule has 4 nitrogen and oxygen atoms in total. The van der Waals surface area contributed by atoms with Gasteiger partial charge < -0.3 is 10.5 Å². The van der Waals surface area contributed by atoms with Crippen LogP contribution in [0.15, 0.2) is 12.5 Å². The largest absolute Gasteiger partial charge is 0.321 e. The molecule has 0 spiro atoms. The van der Waals surface area contributed by atoms with Crippen molar-refractivity contribution in [1.82, 2.24) is 7.76 Å². The van der Waals surface area contributed by atoms with Crippen molar-refractivity contribution in [1.29, 1.82) is 0 Å². The standard InChI is InChI=1S/C6H8IN3O/c7-10-2-6(9-4-10)1-5(8)3-11/h2-5H,1,8H2. The molecule has 1 rings (SSSR count). The molecule has 0 aliphatic carbocycles. The van der Waals surface area contributed by atoms with Crippen molar-refractivity contribution in [3.8, 4) is 0 Å². The molecule has 1 unspecified atom stereocenters. The molecule has 0 bridgehead atoms. The van der Waals surface area contributed by atoms with Crippen LogP contribution >= 0.6 is 22.9 Å². The highest BCUT2D eigenvalue weighted by molar-refractivity contribution is 14.1. The lowest BCUT2D eigenvalue weighted by Crippen LogP contribution is -2.24. The third-order valence-electron chi connectivity index (χ3n) is 1.23. The highest BCUT2D eigenvalue weighted by Crippen LogP contribution is 2.01. The van der Waals surface area contributed by atoms with E-state index in [1.165, 1.54) is 0 Å². The Morgan fingerprint density at radius 2 is 2.64 bits per heavy atom. The third-order valence-corrected chi connectivity index (χ3v) is 1.75. The van der Waals surface area contributed by atoms with E-state index in [2.05, 4.69) is 27.8 Å². The highest BCUT2D eigenvalue weighted by atomic mass is 127. The lowest BCUT2D eigenvalue weighted by molar-refractivity contribution is -0.108. The smallest absolute Gasteiger partial charge is 0.137 e. The lowest BCUT2D eigenvalue weighted by Gasteiger charge is -1.97. The highest BCUT2D eigenvalue weighted by Gasteiger charge is 2.03. The predicted octanol–water partition coefficient (Wildman–Crippen LogP) is 0.150. The predicted molar refractivity (Wildman–Crippen MR) is 49.4 cm³/mol. The van der Waals surface area contributed by atoms with Gasteiger partial charge in [0.05, 0.1) is 34.6 Å². The molecule has 60 valence electrons. The van der Waals surface area contributed by atoms with Crippen molar-refractivity contribution >= 4 is 29.2 Å². The zero-order chi connectivity index (χ0) is 8.27. The van der Waals surface area contributed by atoms with Crippen LogP contribution in [0, 0.1) is 0 Å². The molecule has 1 aromatic rings. The summed E-state index contributed by atoms with van der Waals surface area (Å²) in [6.45, 7) is 0. The number of imidazole rings is 1. The van der Waals surface area contributed by atoms with Crippen LogP contribution in [0.3, 0.4) is 0 Å². The van der Waals surface area contributed by atoms with Crippen LogP contribution < -0.4 is 5.73 Å². The first-order chi connectivity index (χ1) is 5.22. The second kappa shape index (κ2) is 3.82. The summed E-state index contributed by atoms with van der Waals surface area (Å²) in [5, 5.41) is 0. The molecule has 0 fully saturated rings. The maximum Gasteiger partial charge on any atom is 0.137 e. The molecule has 0 aliphatic rings. The van der Waals surface area contributed by atoms with E-state index >= 15 is 0 Å². The quantitative estimate of drug-likeness (QED) is 0.625. The van der Waals surface area contributed by atoms with Gasteiger partial charge in [-0.05, 0) is 0 Å². The maximum atomic E-state index is 10.2. The van der Waals surface area contributed by atoms with Crippen LogP contribution in [0.4, 0.5) is 0 Å². The van der Waals surface area contributed by atoms with E-state index in [-0.39, 0.29) is 0 Å². The lowest BCUT2D eigenvalue weighted by atomic mass is 10.2. The molecule has 1 heterocycles. The minimum atomic E-state index is -0.429. The number of hydrogen-bond acceptors (Lipinski definition) is 3. The fraction of sp³-hybridized carbons (Fsp3) is 0.333.